The number of halogens is 3. The van der Waals surface area contributed by atoms with E-state index in [-0.39, 0.29) is 29.7 Å². The zero-order valence-corrected chi connectivity index (χ0v) is 13.5. The van der Waals surface area contributed by atoms with Crippen molar-refractivity contribution in [3.63, 3.8) is 0 Å². The van der Waals surface area contributed by atoms with E-state index in [9.17, 15) is 18.0 Å². The summed E-state index contributed by atoms with van der Waals surface area (Å²) in [6.07, 6.45) is 4.48. The predicted octanol–water partition coefficient (Wildman–Crippen LogP) is 3.51. The van der Waals surface area contributed by atoms with Crippen molar-refractivity contribution in [3.05, 3.63) is 47.7 Å². The van der Waals surface area contributed by atoms with Crippen molar-refractivity contribution in [2.75, 3.05) is 5.32 Å². The first kappa shape index (κ1) is 16.6. The van der Waals surface area contributed by atoms with Crippen molar-refractivity contribution in [1.29, 1.82) is 0 Å². The van der Waals surface area contributed by atoms with Crippen molar-refractivity contribution in [1.82, 2.24) is 14.9 Å². The number of aromatic nitrogens is 2. The Labute approximate surface area is 147 Å². The Morgan fingerprint density at radius 3 is 2.85 bits per heavy atom. The van der Waals surface area contributed by atoms with Crippen LogP contribution in [-0.2, 0) is 6.42 Å². The van der Waals surface area contributed by atoms with E-state index < -0.39 is 12.6 Å². The van der Waals surface area contributed by atoms with E-state index in [2.05, 4.69) is 20.0 Å². The van der Waals surface area contributed by atoms with Gasteiger partial charge >= 0.3 is 12.6 Å². The maximum Gasteiger partial charge on any atom is 0.387 e. The molecular weight excluding hydrogens is 349 g/mol. The molecule has 2 aromatic heterocycles. The highest BCUT2D eigenvalue weighted by molar-refractivity contribution is 5.89. The van der Waals surface area contributed by atoms with Crippen LogP contribution in [0, 0.1) is 5.95 Å². The minimum Gasteiger partial charge on any atom is -0.433 e. The van der Waals surface area contributed by atoms with Gasteiger partial charge in [-0.15, -0.1) is 0 Å². The number of fused-ring (bicyclic) bond motifs is 4. The molecule has 136 valence electrons. The van der Waals surface area contributed by atoms with Gasteiger partial charge in [0.05, 0.1) is 12.2 Å². The lowest BCUT2D eigenvalue weighted by atomic mass is 9.95. The molecule has 0 radical (unpaired) electrons. The number of hydrogen-bond acceptors (Lipinski definition) is 4. The number of amides is 2. The third-order valence-electron chi connectivity index (χ3n) is 4.77. The second-order valence-electron chi connectivity index (χ2n) is 6.22. The van der Waals surface area contributed by atoms with Gasteiger partial charge in [-0.3, -0.25) is 5.32 Å². The number of nitrogens with zero attached hydrogens (tertiary/aromatic N) is 3. The first-order valence-corrected chi connectivity index (χ1v) is 8.16. The third kappa shape index (κ3) is 2.93. The smallest absolute Gasteiger partial charge is 0.387 e. The van der Waals surface area contributed by atoms with Crippen LogP contribution in [0.15, 0.2) is 30.6 Å². The number of carbonyl (C=O) groups excluding carboxylic acids is 1. The van der Waals surface area contributed by atoms with Crippen molar-refractivity contribution < 1.29 is 22.7 Å². The molecule has 2 aliphatic heterocycles. The SMILES string of the molecule is O=C(Nc1ccc(OC(F)F)cn1)N1C2CCC1c1ccnc(F)c1C2. The lowest BCUT2D eigenvalue weighted by Gasteiger charge is -2.36. The molecule has 4 rings (SSSR count). The predicted molar refractivity (Wildman–Crippen MR) is 85.4 cm³/mol. The van der Waals surface area contributed by atoms with Gasteiger partial charge < -0.3 is 9.64 Å². The quantitative estimate of drug-likeness (QED) is 0.847. The van der Waals surface area contributed by atoms with E-state index in [1.165, 1.54) is 18.3 Å². The fraction of sp³-hybridized carbons (Fsp3) is 0.353. The summed E-state index contributed by atoms with van der Waals surface area (Å²) in [7, 11) is 0. The number of urea groups is 1. The van der Waals surface area contributed by atoms with E-state index in [0.717, 1.165) is 24.6 Å². The largest absolute Gasteiger partial charge is 0.433 e. The third-order valence-corrected chi connectivity index (χ3v) is 4.77. The Morgan fingerprint density at radius 1 is 1.27 bits per heavy atom. The van der Waals surface area contributed by atoms with Crippen molar-refractivity contribution in [2.24, 2.45) is 0 Å². The first-order valence-electron chi connectivity index (χ1n) is 8.16. The number of rotatable bonds is 3. The lowest BCUT2D eigenvalue weighted by molar-refractivity contribution is -0.0500. The maximum atomic E-state index is 13.9. The average molecular weight is 364 g/mol. The molecule has 2 atom stereocenters. The molecule has 0 aromatic carbocycles. The minimum absolute atomic E-state index is 0.0899. The summed E-state index contributed by atoms with van der Waals surface area (Å²) in [5, 5.41) is 2.66. The summed E-state index contributed by atoms with van der Waals surface area (Å²) in [4.78, 5) is 22.0. The molecule has 1 N–H and O–H groups in total. The van der Waals surface area contributed by atoms with Crippen LogP contribution in [0.2, 0.25) is 0 Å². The number of anilines is 1. The normalized spacial score (nSPS) is 20.8. The number of pyridine rings is 2. The highest BCUT2D eigenvalue weighted by Crippen LogP contribution is 2.44. The Kier molecular flexibility index (Phi) is 4.14. The van der Waals surface area contributed by atoms with Crippen LogP contribution < -0.4 is 10.1 Å². The van der Waals surface area contributed by atoms with Crippen LogP contribution >= 0.6 is 0 Å². The average Bonchev–Trinajstić information content (AvgIpc) is 2.92. The van der Waals surface area contributed by atoms with Gasteiger partial charge in [-0.2, -0.15) is 13.2 Å². The highest BCUT2D eigenvalue weighted by atomic mass is 19.3. The number of carbonyl (C=O) groups is 1. The van der Waals surface area contributed by atoms with Crippen LogP contribution in [0.1, 0.15) is 30.0 Å². The van der Waals surface area contributed by atoms with E-state index in [0.29, 0.717) is 12.0 Å². The van der Waals surface area contributed by atoms with Crippen LogP contribution in [0.3, 0.4) is 0 Å². The lowest BCUT2D eigenvalue weighted by Crippen LogP contribution is -2.44. The zero-order chi connectivity index (χ0) is 18.3. The molecule has 2 amide bonds. The van der Waals surface area contributed by atoms with Gasteiger partial charge in [-0.1, -0.05) is 0 Å². The van der Waals surface area contributed by atoms with Crippen molar-refractivity contribution in [3.8, 4) is 5.75 Å². The van der Waals surface area contributed by atoms with E-state index in [1.807, 2.05) is 0 Å². The monoisotopic (exact) mass is 364 g/mol. The summed E-state index contributed by atoms with van der Waals surface area (Å²) in [5.41, 5.74) is 1.37. The molecule has 26 heavy (non-hydrogen) atoms. The highest BCUT2D eigenvalue weighted by Gasteiger charge is 2.43. The fourth-order valence-corrected chi connectivity index (χ4v) is 3.73. The van der Waals surface area contributed by atoms with E-state index >= 15 is 0 Å². The van der Waals surface area contributed by atoms with Gasteiger partial charge in [0.1, 0.15) is 11.6 Å². The first-order chi connectivity index (χ1) is 12.5. The number of ether oxygens (including phenoxy) is 1. The molecule has 2 aromatic rings. The maximum absolute atomic E-state index is 13.9. The summed E-state index contributed by atoms with van der Waals surface area (Å²) in [6, 6.07) is 3.78. The molecule has 0 saturated carbocycles. The topological polar surface area (TPSA) is 67.3 Å². The van der Waals surface area contributed by atoms with Gasteiger partial charge in [0, 0.05) is 17.8 Å². The Hall–Kier alpha value is -2.84. The van der Waals surface area contributed by atoms with Crippen molar-refractivity contribution in [2.45, 2.75) is 38.0 Å². The second-order valence-corrected chi connectivity index (χ2v) is 6.22. The minimum atomic E-state index is -2.93. The van der Waals surface area contributed by atoms with E-state index in [1.54, 1.807) is 11.0 Å². The molecule has 0 spiro atoms. The Bertz CT molecular complexity index is 831. The molecule has 1 fully saturated rings. The number of alkyl halides is 2. The second kappa shape index (κ2) is 6.47. The van der Waals surface area contributed by atoms with E-state index in [4.69, 9.17) is 0 Å². The zero-order valence-electron chi connectivity index (χ0n) is 13.5. The molecule has 2 bridgehead atoms. The van der Waals surface area contributed by atoms with Crippen LogP contribution in [0.5, 0.6) is 5.75 Å². The fourth-order valence-electron chi connectivity index (χ4n) is 3.73. The summed E-state index contributed by atoms with van der Waals surface area (Å²) in [5.74, 6) is -0.341. The van der Waals surface area contributed by atoms with Gasteiger partial charge in [0.2, 0.25) is 5.95 Å². The number of hydrogen-bond donors (Lipinski definition) is 1. The molecule has 2 unspecified atom stereocenters. The summed E-state index contributed by atoms with van der Waals surface area (Å²) >= 11 is 0. The Morgan fingerprint density at radius 2 is 2.12 bits per heavy atom. The van der Waals surface area contributed by atoms with Gasteiger partial charge in [0.25, 0.3) is 0 Å². The molecule has 2 aliphatic rings. The van der Waals surface area contributed by atoms with Crippen LogP contribution in [0.4, 0.5) is 23.8 Å². The number of nitrogens with one attached hydrogen (secondary N) is 1. The molecule has 6 nitrogen and oxygen atoms in total. The molecule has 4 heterocycles. The van der Waals surface area contributed by atoms with Crippen LogP contribution in [0.25, 0.3) is 0 Å². The standard InChI is InChI=1S/C17H15F3N4O2/c18-15-12-7-9-1-3-13(11(12)5-6-21-15)24(9)17(25)23-14-4-2-10(8-22-14)26-16(19)20/h2,4-6,8-9,13,16H,1,3,7H2,(H,22,23,25). The molecule has 1 saturated heterocycles. The van der Waals surface area contributed by atoms with Crippen molar-refractivity contribution >= 4 is 11.8 Å². The van der Waals surface area contributed by atoms with Gasteiger partial charge in [0.15, 0.2) is 0 Å². The Balaban J connectivity index is 1.51. The van der Waals surface area contributed by atoms with Gasteiger partial charge in [-0.25, -0.2) is 14.8 Å². The van der Waals surface area contributed by atoms with Gasteiger partial charge in [-0.05, 0) is 43.0 Å². The van der Waals surface area contributed by atoms with Crippen LogP contribution in [-0.4, -0.2) is 33.6 Å². The molecule has 9 heteroatoms. The summed E-state index contributed by atoms with van der Waals surface area (Å²) in [6.45, 7) is -2.93. The molecule has 0 aliphatic carbocycles. The summed E-state index contributed by atoms with van der Waals surface area (Å²) < 4.78 is 42.5. The molecular formula is C17H15F3N4O2.